The van der Waals surface area contributed by atoms with Gasteiger partial charge in [0.15, 0.2) is 0 Å². The summed E-state index contributed by atoms with van der Waals surface area (Å²) in [5, 5.41) is 4.31. The van der Waals surface area contributed by atoms with E-state index < -0.39 is 0 Å². The van der Waals surface area contributed by atoms with Gasteiger partial charge in [0.05, 0.1) is 12.1 Å². The van der Waals surface area contributed by atoms with Gasteiger partial charge in [-0.2, -0.15) is 0 Å². The van der Waals surface area contributed by atoms with Crippen LogP contribution in [0.2, 0.25) is 0 Å². The highest BCUT2D eigenvalue weighted by atomic mass is 19.1. The quantitative estimate of drug-likeness (QED) is 0.697. The molecule has 1 aromatic heterocycles. The van der Waals surface area contributed by atoms with Crippen molar-refractivity contribution in [3.8, 4) is 11.3 Å². The summed E-state index contributed by atoms with van der Waals surface area (Å²) < 4.78 is 19.1. The Morgan fingerprint density at radius 1 is 1.15 bits per heavy atom. The molecule has 1 heterocycles. The third-order valence-electron chi connectivity index (χ3n) is 5.46. The number of rotatable bonds is 8. The summed E-state index contributed by atoms with van der Waals surface area (Å²) in [6.45, 7) is 6.23. The number of nitrogens with zero attached hydrogens (tertiary/aromatic N) is 3. The average Bonchev–Trinajstić information content (AvgIpc) is 3.59. The highest BCUT2D eigenvalue weighted by Gasteiger charge is 2.41. The number of hydrogen-bond acceptors (Lipinski definition) is 4. The third kappa shape index (κ3) is 3.70. The van der Waals surface area contributed by atoms with Gasteiger partial charge >= 0.3 is 0 Å². The van der Waals surface area contributed by atoms with Crippen LogP contribution in [0.3, 0.4) is 0 Å². The van der Waals surface area contributed by atoms with Crippen LogP contribution in [0.1, 0.15) is 45.1 Å². The Labute approximate surface area is 159 Å². The minimum atomic E-state index is -0.281. The van der Waals surface area contributed by atoms with E-state index in [0.717, 1.165) is 49.9 Å². The van der Waals surface area contributed by atoms with Crippen molar-refractivity contribution in [2.45, 2.75) is 52.1 Å². The van der Waals surface area contributed by atoms with E-state index in [1.807, 2.05) is 4.90 Å². The van der Waals surface area contributed by atoms with E-state index in [-0.39, 0.29) is 17.6 Å². The Morgan fingerprint density at radius 3 is 2.37 bits per heavy atom. The van der Waals surface area contributed by atoms with Crippen LogP contribution >= 0.6 is 0 Å². The molecule has 0 radical (unpaired) electrons. The zero-order chi connectivity index (χ0) is 19.0. The second-order valence-electron chi connectivity index (χ2n) is 7.47. The lowest BCUT2D eigenvalue weighted by molar-refractivity contribution is -0.133. The monoisotopic (exact) mass is 371 g/mol. The van der Waals surface area contributed by atoms with Gasteiger partial charge in [0.2, 0.25) is 11.8 Å². The number of aromatic nitrogens is 1. The van der Waals surface area contributed by atoms with Crippen molar-refractivity contribution in [1.29, 1.82) is 0 Å². The lowest BCUT2D eigenvalue weighted by atomic mass is 10.1. The molecule has 27 heavy (non-hydrogen) atoms. The zero-order valence-electron chi connectivity index (χ0n) is 15.9. The first-order valence-corrected chi connectivity index (χ1v) is 9.92. The number of amides is 1. The maximum Gasteiger partial charge on any atom is 0.232 e. The number of benzene rings is 1. The van der Waals surface area contributed by atoms with Gasteiger partial charge in [-0.1, -0.05) is 5.16 Å². The van der Waals surface area contributed by atoms with Crippen molar-refractivity contribution >= 4 is 11.8 Å². The van der Waals surface area contributed by atoms with Gasteiger partial charge < -0.3 is 14.3 Å². The van der Waals surface area contributed by atoms with E-state index >= 15 is 0 Å². The fourth-order valence-electron chi connectivity index (χ4n) is 3.55. The number of carbonyl (C=O) groups is 1. The minimum absolute atomic E-state index is 0.191. The van der Waals surface area contributed by atoms with Crippen molar-refractivity contribution in [3.05, 3.63) is 35.6 Å². The van der Waals surface area contributed by atoms with Crippen LogP contribution in [0.4, 0.5) is 10.3 Å². The van der Waals surface area contributed by atoms with E-state index in [4.69, 9.17) is 4.52 Å². The molecule has 1 aromatic carbocycles. The fourth-order valence-corrected chi connectivity index (χ4v) is 3.55. The van der Waals surface area contributed by atoms with Gasteiger partial charge in [-0.05, 0) is 63.8 Å². The molecule has 2 aromatic rings. The van der Waals surface area contributed by atoms with Crippen molar-refractivity contribution in [3.63, 3.8) is 0 Å². The molecule has 0 spiro atoms. The molecule has 0 aliphatic heterocycles. The molecule has 0 saturated heterocycles. The maximum absolute atomic E-state index is 13.4. The normalized spacial score (nSPS) is 16.4. The van der Waals surface area contributed by atoms with Gasteiger partial charge in [0, 0.05) is 30.6 Å². The molecule has 2 fully saturated rings. The number of hydrogen-bond donors (Lipinski definition) is 0. The Hall–Kier alpha value is -2.37. The summed E-state index contributed by atoms with van der Waals surface area (Å²) in [4.78, 5) is 17.0. The van der Waals surface area contributed by atoms with Crippen LogP contribution in [0, 0.1) is 11.7 Å². The van der Waals surface area contributed by atoms with Gasteiger partial charge in [0.25, 0.3) is 0 Å². The van der Waals surface area contributed by atoms with E-state index in [9.17, 15) is 9.18 Å². The largest absolute Gasteiger partial charge is 0.341 e. The summed E-state index contributed by atoms with van der Waals surface area (Å²) in [5.41, 5.74) is 2.43. The van der Waals surface area contributed by atoms with Crippen LogP contribution in [-0.2, 0) is 11.3 Å². The molecule has 5 nitrogen and oxygen atoms in total. The molecule has 0 unspecified atom stereocenters. The molecular weight excluding hydrogens is 345 g/mol. The van der Waals surface area contributed by atoms with Crippen LogP contribution in [-0.4, -0.2) is 35.1 Å². The Kier molecular flexibility index (Phi) is 4.89. The maximum atomic E-state index is 13.4. The van der Waals surface area contributed by atoms with Gasteiger partial charge in [-0.3, -0.25) is 4.79 Å². The molecule has 2 aliphatic rings. The van der Waals surface area contributed by atoms with Crippen molar-refractivity contribution in [2.24, 2.45) is 5.92 Å². The summed E-state index contributed by atoms with van der Waals surface area (Å²) in [7, 11) is 0. The van der Waals surface area contributed by atoms with Gasteiger partial charge in [0.1, 0.15) is 11.5 Å². The molecule has 4 rings (SSSR count). The van der Waals surface area contributed by atoms with Crippen molar-refractivity contribution in [1.82, 2.24) is 10.1 Å². The predicted octanol–water partition coefficient (Wildman–Crippen LogP) is 4.23. The topological polar surface area (TPSA) is 49.6 Å². The average molecular weight is 371 g/mol. The van der Waals surface area contributed by atoms with E-state index in [1.165, 1.54) is 12.1 Å². The molecule has 2 saturated carbocycles. The molecule has 0 bridgehead atoms. The summed E-state index contributed by atoms with van der Waals surface area (Å²) in [6.07, 6.45) is 4.13. The molecular formula is C21H26FN3O2. The molecule has 144 valence electrons. The van der Waals surface area contributed by atoms with Crippen LogP contribution in [0.15, 0.2) is 28.8 Å². The molecule has 0 atom stereocenters. The number of anilines is 1. The predicted molar refractivity (Wildman–Crippen MR) is 102 cm³/mol. The highest BCUT2D eigenvalue weighted by molar-refractivity contribution is 5.82. The molecule has 0 N–H and O–H groups in total. The molecule has 1 amide bonds. The molecule has 2 aliphatic carbocycles. The van der Waals surface area contributed by atoms with Gasteiger partial charge in [-0.25, -0.2) is 4.39 Å². The van der Waals surface area contributed by atoms with Crippen LogP contribution in [0.25, 0.3) is 11.3 Å². The smallest absolute Gasteiger partial charge is 0.232 e. The first kappa shape index (κ1) is 18.0. The Bertz CT molecular complexity index is 805. The zero-order valence-corrected chi connectivity index (χ0v) is 15.9. The molecule has 6 heteroatoms. The highest BCUT2D eigenvalue weighted by Crippen LogP contribution is 2.39. The number of carbonyl (C=O) groups excluding carboxylic acids is 1. The third-order valence-corrected chi connectivity index (χ3v) is 5.46. The van der Waals surface area contributed by atoms with Crippen LogP contribution < -0.4 is 4.90 Å². The first-order chi connectivity index (χ1) is 13.1. The van der Waals surface area contributed by atoms with E-state index in [2.05, 4.69) is 23.9 Å². The van der Waals surface area contributed by atoms with E-state index in [1.54, 1.807) is 12.1 Å². The van der Waals surface area contributed by atoms with Crippen molar-refractivity contribution < 1.29 is 13.7 Å². The minimum Gasteiger partial charge on any atom is -0.341 e. The van der Waals surface area contributed by atoms with Crippen molar-refractivity contribution in [2.75, 3.05) is 18.0 Å². The lowest BCUT2D eigenvalue weighted by Gasteiger charge is -2.25. The van der Waals surface area contributed by atoms with Crippen LogP contribution in [0.5, 0.6) is 0 Å². The standard InChI is InChI=1S/C21H26FN3O2/c1-3-24(4-2)21-18(13-25(17-11-12-17)20(26)15-5-6-15)19(23-27-21)14-7-9-16(22)10-8-14/h7-10,15,17H,3-6,11-13H2,1-2H3. The SMILES string of the molecule is CCN(CC)c1onc(-c2ccc(F)cc2)c1CN(C(=O)C1CC1)C1CC1. The Balaban J connectivity index is 1.71. The first-order valence-electron chi connectivity index (χ1n) is 9.92. The second kappa shape index (κ2) is 7.33. The Morgan fingerprint density at radius 2 is 1.81 bits per heavy atom. The summed E-state index contributed by atoms with van der Waals surface area (Å²) >= 11 is 0. The fraction of sp³-hybridized carbons (Fsp3) is 0.524. The van der Waals surface area contributed by atoms with E-state index in [0.29, 0.717) is 24.2 Å². The number of halogens is 1. The second-order valence-corrected chi connectivity index (χ2v) is 7.47. The lowest BCUT2D eigenvalue weighted by Crippen LogP contribution is -2.34. The summed E-state index contributed by atoms with van der Waals surface area (Å²) in [6, 6.07) is 6.62. The summed E-state index contributed by atoms with van der Waals surface area (Å²) in [5.74, 6) is 0.885. The van der Waals surface area contributed by atoms with Gasteiger partial charge in [-0.15, -0.1) is 0 Å².